The predicted molar refractivity (Wildman–Crippen MR) is 60.0 cm³/mol. The van der Waals surface area contributed by atoms with Crippen molar-refractivity contribution in [1.29, 1.82) is 0 Å². The van der Waals surface area contributed by atoms with E-state index in [1.807, 2.05) is 0 Å². The van der Waals surface area contributed by atoms with Gasteiger partial charge in [-0.1, -0.05) is 0 Å². The molecule has 3 atom stereocenters. The third kappa shape index (κ3) is 1.48. The highest BCUT2D eigenvalue weighted by Gasteiger charge is 2.64. The predicted octanol–water partition coefficient (Wildman–Crippen LogP) is -1.43. The van der Waals surface area contributed by atoms with Crippen LogP contribution in [0.25, 0.3) is 0 Å². The zero-order valence-electron chi connectivity index (χ0n) is 9.57. The van der Waals surface area contributed by atoms with E-state index in [0.717, 1.165) is 12.8 Å². The zero-order chi connectivity index (χ0) is 12.9. The molecule has 2 aliphatic rings. The van der Waals surface area contributed by atoms with Gasteiger partial charge >= 0.3 is 5.69 Å². The standard InChI is InChI=1S/C11H14N2O5/c14-5-6-8(16)11(2-3-11)9(18-6)13-4-1-7(15)12-10(13)17/h1,4,6,8-9,14,16H,2-3,5H2,(H,12,15,17)/t6-,8-,9-/m1/s1. The van der Waals surface area contributed by atoms with Gasteiger partial charge in [0.25, 0.3) is 5.56 Å². The van der Waals surface area contributed by atoms with Crippen molar-refractivity contribution in [1.82, 2.24) is 9.55 Å². The molecular formula is C11H14N2O5. The summed E-state index contributed by atoms with van der Waals surface area (Å²) in [5, 5.41) is 19.2. The Morgan fingerprint density at radius 2 is 2.22 bits per heavy atom. The Morgan fingerprint density at radius 1 is 1.50 bits per heavy atom. The normalized spacial score (nSPS) is 32.9. The Balaban J connectivity index is 2.02. The Morgan fingerprint density at radius 3 is 2.78 bits per heavy atom. The summed E-state index contributed by atoms with van der Waals surface area (Å²) in [4.78, 5) is 24.9. The number of H-pyrrole nitrogens is 1. The highest BCUT2D eigenvalue weighted by atomic mass is 16.5. The van der Waals surface area contributed by atoms with Crippen molar-refractivity contribution < 1.29 is 14.9 Å². The summed E-state index contributed by atoms with van der Waals surface area (Å²) in [7, 11) is 0. The summed E-state index contributed by atoms with van der Waals surface area (Å²) in [6.07, 6.45) is 0.733. The topological polar surface area (TPSA) is 105 Å². The van der Waals surface area contributed by atoms with Crippen molar-refractivity contribution in [2.75, 3.05) is 6.61 Å². The van der Waals surface area contributed by atoms with Gasteiger partial charge in [0.1, 0.15) is 12.3 Å². The molecule has 7 nitrogen and oxygen atoms in total. The molecule has 1 aliphatic heterocycles. The van der Waals surface area contributed by atoms with Crippen LogP contribution >= 0.6 is 0 Å². The smallest absolute Gasteiger partial charge is 0.330 e. The van der Waals surface area contributed by atoms with Gasteiger partial charge in [-0.2, -0.15) is 0 Å². The molecule has 2 heterocycles. The first-order chi connectivity index (χ1) is 8.58. The van der Waals surface area contributed by atoms with E-state index < -0.39 is 35.1 Å². The lowest BCUT2D eigenvalue weighted by atomic mass is 9.96. The minimum absolute atomic E-state index is 0.294. The van der Waals surface area contributed by atoms with Crippen LogP contribution in [0.4, 0.5) is 0 Å². The third-order valence-corrected chi connectivity index (χ3v) is 3.85. The van der Waals surface area contributed by atoms with Gasteiger partial charge in [0.15, 0.2) is 0 Å². The van der Waals surface area contributed by atoms with E-state index in [1.54, 1.807) is 0 Å². The number of aliphatic hydroxyl groups is 2. The summed E-state index contributed by atoms with van der Waals surface area (Å²) in [5.74, 6) is 0. The number of rotatable bonds is 2. The van der Waals surface area contributed by atoms with Crippen molar-refractivity contribution in [2.24, 2.45) is 5.41 Å². The van der Waals surface area contributed by atoms with E-state index in [2.05, 4.69) is 4.98 Å². The fourth-order valence-electron chi connectivity index (χ4n) is 2.68. The Kier molecular flexibility index (Phi) is 2.44. The van der Waals surface area contributed by atoms with E-state index in [4.69, 9.17) is 9.84 Å². The van der Waals surface area contributed by atoms with E-state index in [-0.39, 0.29) is 6.61 Å². The maximum absolute atomic E-state index is 11.7. The van der Waals surface area contributed by atoms with Gasteiger partial charge < -0.3 is 14.9 Å². The average molecular weight is 254 g/mol. The van der Waals surface area contributed by atoms with Crippen LogP contribution in [-0.2, 0) is 4.74 Å². The number of aliphatic hydroxyl groups excluding tert-OH is 2. The summed E-state index contributed by atoms with van der Waals surface area (Å²) < 4.78 is 6.82. The molecule has 0 unspecified atom stereocenters. The third-order valence-electron chi connectivity index (χ3n) is 3.85. The summed E-state index contributed by atoms with van der Waals surface area (Å²) in [6.45, 7) is -0.294. The molecule has 0 radical (unpaired) electrons. The summed E-state index contributed by atoms with van der Waals surface area (Å²) in [6, 6.07) is 1.24. The quantitative estimate of drug-likeness (QED) is 0.600. The molecule has 0 amide bonds. The second kappa shape index (κ2) is 3.78. The van der Waals surface area contributed by atoms with Crippen LogP contribution in [0.15, 0.2) is 21.9 Å². The summed E-state index contributed by atoms with van der Waals surface area (Å²) in [5.41, 5.74) is -1.54. The molecule has 3 N–H and O–H groups in total. The van der Waals surface area contributed by atoms with E-state index in [0.29, 0.717) is 0 Å². The molecular weight excluding hydrogens is 240 g/mol. The lowest BCUT2D eigenvalue weighted by Crippen LogP contribution is -2.35. The molecule has 2 fully saturated rings. The number of aromatic nitrogens is 2. The van der Waals surface area contributed by atoms with Crippen LogP contribution < -0.4 is 11.2 Å². The first-order valence-electron chi connectivity index (χ1n) is 5.84. The largest absolute Gasteiger partial charge is 0.394 e. The van der Waals surface area contributed by atoms with E-state index in [1.165, 1.54) is 16.8 Å². The first-order valence-corrected chi connectivity index (χ1v) is 5.84. The number of nitrogens with zero attached hydrogens (tertiary/aromatic N) is 1. The molecule has 3 rings (SSSR count). The number of ether oxygens (including phenoxy) is 1. The monoisotopic (exact) mass is 254 g/mol. The first kappa shape index (κ1) is 11.6. The molecule has 1 aliphatic carbocycles. The molecule has 1 saturated carbocycles. The van der Waals surface area contributed by atoms with Crippen molar-refractivity contribution in [3.05, 3.63) is 33.1 Å². The van der Waals surface area contributed by atoms with Crippen molar-refractivity contribution >= 4 is 0 Å². The molecule has 1 aromatic heterocycles. The van der Waals surface area contributed by atoms with Crippen LogP contribution in [0.3, 0.4) is 0 Å². The minimum Gasteiger partial charge on any atom is -0.394 e. The number of nitrogens with one attached hydrogen (secondary N) is 1. The highest BCUT2D eigenvalue weighted by molar-refractivity contribution is 5.10. The van der Waals surface area contributed by atoms with E-state index >= 15 is 0 Å². The second-order valence-corrected chi connectivity index (χ2v) is 4.90. The van der Waals surface area contributed by atoms with Gasteiger partial charge in [0.2, 0.25) is 0 Å². The molecule has 7 heteroatoms. The number of hydrogen-bond acceptors (Lipinski definition) is 5. The van der Waals surface area contributed by atoms with Gasteiger partial charge in [-0.05, 0) is 12.8 Å². The van der Waals surface area contributed by atoms with Gasteiger partial charge in [0, 0.05) is 17.7 Å². The molecule has 1 saturated heterocycles. The van der Waals surface area contributed by atoms with Gasteiger partial charge in [0.05, 0.1) is 12.7 Å². The average Bonchev–Trinajstić information content (AvgIpc) is 3.07. The molecule has 0 aromatic carbocycles. The second-order valence-electron chi connectivity index (χ2n) is 4.90. The van der Waals surface area contributed by atoms with Crippen molar-refractivity contribution in [2.45, 2.75) is 31.3 Å². The van der Waals surface area contributed by atoms with Crippen LogP contribution in [0, 0.1) is 5.41 Å². The molecule has 98 valence electrons. The van der Waals surface area contributed by atoms with Crippen molar-refractivity contribution in [3.63, 3.8) is 0 Å². The van der Waals surface area contributed by atoms with Gasteiger partial charge in [-0.25, -0.2) is 4.79 Å². The zero-order valence-corrected chi connectivity index (χ0v) is 9.57. The molecule has 1 aromatic rings. The Labute approximate surface area is 102 Å². The molecule has 18 heavy (non-hydrogen) atoms. The number of aromatic amines is 1. The maximum Gasteiger partial charge on any atom is 0.330 e. The van der Waals surface area contributed by atoms with Crippen LogP contribution in [0.2, 0.25) is 0 Å². The van der Waals surface area contributed by atoms with Crippen molar-refractivity contribution in [3.8, 4) is 0 Å². The number of hydrogen-bond donors (Lipinski definition) is 3. The van der Waals surface area contributed by atoms with Crippen LogP contribution in [-0.4, -0.2) is 38.6 Å². The maximum atomic E-state index is 11.7. The van der Waals surface area contributed by atoms with Gasteiger partial charge in [-0.15, -0.1) is 0 Å². The fourth-order valence-corrected chi connectivity index (χ4v) is 2.68. The Bertz CT molecular complexity index is 573. The highest BCUT2D eigenvalue weighted by Crippen LogP contribution is 2.62. The molecule has 0 bridgehead atoms. The Hall–Kier alpha value is -1.44. The summed E-state index contributed by atoms with van der Waals surface area (Å²) >= 11 is 0. The minimum atomic E-state index is -0.786. The lowest BCUT2D eigenvalue weighted by Gasteiger charge is -2.20. The molecule has 1 spiro atoms. The van der Waals surface area contributed by atoms with Crippen LogP contribution in [0.5, 0.6) is 0 Å². The van der Waals surface area contributed by atoms with Crippen LogP contribution in [0.1, 0.15) is 19.1 Å². The SMILES string of the molecule is O=c1ccn([C@@H]2O[C@H](CO)[C@@H](O)C23CC3)c(=O)[nH]1. The van der Waals surface area contributed by atoms with E-state index in [9.17, 15) is 14.7 Å². The van der Waals surface area contributed by atoms with Gasteiger partial charge in [-0.3, -0.25) is 14.3 Å². The fraction of sp³-hybridized carbons (Fsp3) is 0.636. The lowest BCUT2D eigenvalue weighted by molar-refractivity contribution is -0.0491.